The number of amides is 1. The number of carbonyl (C=O) groups is 2. The fraction of sp³-hybridized carbons (Fsp3) is 0.333. The highest BCUT2D eigenvalue weighted by Gasteiger charge is 2.52. The molecule has 0 unspecified atom stereocenters. The molecule has 142 valence electrons. The van der Waals surface area contributed by atoms with Crippen LogP contribution in [0.3, 0.4) is 0 Å². The van der Waals surface area contributed by atoms with E-state index in [1.165, 1.54) is 6.07 Å². The molecule has 1 aliphatic carbocycles. The maximum Gasteiger partial charge on any atom is 0.303 e. The third-order valence-electron chi connectivity index (χ3n) is 4.75. The van der Waals surface area contributed by atoms with Gasteiger partial charge in [0.1, 0.15) is 11.6 Å². The molecule has 0 aliphatic heterocycles. The van der Waals surface area contributed by atoms with Crippen LogP contribution in [0.2, 0.25) is 0 Å². The van der Waals surface area contributed by atoms with Crippen molar-refractivity contribution in [3.63, 3.8) is 0 Å². The van der Waals surface area contributed by atoms with Crippen molar-refractivity contribution in [2.24, 2.45) is 0 Å². The molecule has 2 N–H and O–H groups in total. The molecule has 2 aromatic rings. The van der Waals surface area contributed by atoms with E-state index >= 15 is 0 Å². The van der Waals surface area contributed by atoms with Gasteiger partial charge in [-0.2, -0.15) is 0 Å². The Hall–Kier alpha value is -2.89. The van der Waals surface area contributed by atoms with Crippen LogP contribution >= 0.6 is 0 Å². The van der Waals surface area contributed by atoms with Crippen molar-refractivity contribution in [1.82, 2.24) is 5.32 Å². The molecule has 2 aromatic carbocycles. The summed E-state index contributed by atoms with van der Waals surface area (Å²) >= 11 is 0. The second-order valence-electron chi connectivity index (χ2n) is 6.73. The van der Waals surface area contributed by atoms with Gasteiger partial charge in [0.05, 0.1) is 12.0 Å². The fourth-order valence-corrected chi connectivity index (χ4v) is 3.06. The highest BCUT2D eigenvalue weighted by atomic mass is 19.1. The summed E-state index contributed by atoms with van der Waals surface area (Å²) in [4.78, 5) is 23.1. The Labute approximate surface area is 157 Å². The highest BCUT2D eigenvalue weighted by molar-refractivity contribution is 5.91. The van der Waals surface area contributed by atoms with Gasteiger partial charge in [0.2, 0.25) is 5.91 Å². The molecule has 6 heteroatoms. The molecule has 3 rings (SSSR count). The number of carbonyl (C=O) groups excluding carboxylic acids is 1. The van der Waals surface area contributed by atoms with Gasteiger partial charge in [-0.05, 0) is 43.0 Å². The van der Waals surface area contributed by atoms with Crippen molar-refractivity contribution in [1.29, 1.82) is 0 Å². The van der Waals surface area contributed by atoms with Crippen LogP contribution in [0, 0.1) is 5.82 Å². The third kappa shape index (κ3) is 4.64. The van der Waals surface area contributed by atoms with Crippen molar-refractivity contribution in [3.05, 3.63) is 65.5 Å². The summed E-state index contributed by atoms with van der Waals surface area (Å²) < 4.78 is 19.5. The predicted molar refractivity (Wildman–Crippen MR) is 98.0 cm³/mol. The molecule has 0 atom stereocenters. The van der Waals surface area contributed by atoms with E-state index in [0.29, 0.717) is 43.7 Å². The number of hydrogen-bond acceptors (Lipinski definition) is 3. The number of carboxylic acids is 1. The molecular weight excluding hydrogens is 349 g/mol. The zero-order valence-corrected chi connectivity index (χ0v) is 14.9. The van der Waals surface area contributed by atoms with Crippen LogP contribution in [0.25, 0.3) is 0 Å². The van der Waals surface area contributed by atoms with Crippen LogP contribution in [0.5, 0.6) is 5.75 Å². The minimum Gasteiger partial charge on any atom is -0.494 e. The molecule has 1 aliphatic rings. The average molecular weight is 371 g/mol. The molecule has 0 aromatic heterocycles. The highest BCUT2D eigenvalue weighted by Crippen LogP contribution is 2.49. The van der Waals surface area contributed by atoms with E-state index in [2.05, 4.69) is 5.32 Å². The first-order valence-corrected chi connectivity index (χ1v) is 8.98. The zero-order chi connectivity index (χ0) is 19.3. The summed E-state index contributed by atoms with van der Waals surface area (Å²) in [6.07, 6.45) is 1.84. The van der Waals surface area contributed by atoms with E-state index in [9.17, 15) is 14.0 Å². The first-order chi connectivity index (χ1) is 13.0. The summed E-state index contributed by atoms with van der Waals surface area (Å²) in [6.45, 7) is 0.696. The number of aliphatic carboxylic acids is 1. The van der Waals surface area contributed by atoms with E-state index < -0.39 is 11.4 Å². The molecule has 0 saturated heterocycles. The molecule has 1 fully saturated rings. The minimum atomic E-state index is -0.839. The maximum absolute atomic E-state index is 14.0. The van der Waals surface area contributed by atoms with E-state index in [-0.39, 0.29) is 18.1 Å². The van der Waals surface area contributed by atoms with Crippen LogP contribution in [-0.2, 0) is 21.5 Å². The van der Waals surface area contributed by atoms with Gasteiger partial charge in [0, 0.05) is 18.5 Å². The van der Waals surface area contributed by atoms with Gasteiger partial charge in [-0.25, -0.2) is 4.39 Å². The van der Waals surface area contributed by atoms with Gasteiger partial charge < -0.3 is 15.2 Å². The lowest BCUT2D eigenvalue weighted by Crippen LogP contribution is -2.34. The number of hydrogen-bond donors (Lipinski definition) is 2. The lowest BCUT2D eigenvalue weighted by Gasteiger charge is -2.16. The minimum absolute atomic E-state index is 0.0773. The first kappa shape index (κ1) is 18.9. The fourth-order valence-electron chi connectivity index (χ4n) is 3.06. The summed E-state index contributed by atoms with van der Waals surface area (Å²) in [5.41, 5.74) is 0.636. The van der Waals surface area contributed by atoms with Crippen LogP contribution in [0.4, 0.5) is 4.39 Å². The van der Waals surface area contributed by atoms with Gasteiger partial charge in [0.25, 0.3) is 0 Å². The Kier molecular flexibility index (Phi) is 5.74. The lowest BCUT2D eigenvalue weighted by atomic mass is 9.94. The standard InChI is InChI=1S/C21H22FNO4/c22-18-5-2-1-4-17(18)21(11-12-21)20(26)23-14-15-7-9-16(10-8-15)27-13-3-6-19(24)25/h1-2,4-5,7-10H,3,6,11-14H2,(H,23,26)(H,24,25). The lowest BCUT2D eigenvalue weighted by molar-refractivity contribution is -0.137. The third-order valence-corrected chi connectivity index (χ3v) is 4.75. The Balaban J connectivity index is 1.51. The van der Waals surface area contributed by atoms with Crippen LogP contribution in [-0.4, -0.2) is 23.6 Å². The number of ether oxygens (including phenoxy) is 1. The van der Waals surface area contributed by atoms with E-state index in [4.69, 9.17) is 9.84 Å². The van der Waals surface area contributed by atoms with Crippen LogP contribution in [0.1, 0.15) is 36.8 Å². The van der Waals surface area contributed by atoms with E-state index in [0.717, 1.165) is 5.56 Å². The van der Waals surface area contributed by atoms with Crippen molar-refractivity contribution in [2.75, 3.05) is 6.61 Å². The molecule has 1 saturated carbocycles. The number of rotatable bonds is 9. The molecule has 27 heavy (non-hydrogen) atoms. The number of carboxylic acid groups (broad SMARTS) is 1. The number of halogens is 1. The topological polar surface area (TPSA) is 75.6 Å². The molecule has 5 nitrogen and oxygen atoms in total. The summed E-state index contributed by atoms with van der Waals surface area (Å²) in [7, 11) is 0. The molecule has 0 heterocycles. The van der Waals surface area contributed by atoms with Gasteiger partial charge in [0.15, 0.2) is 0 Å². The van der Waals surface area contributed by atoms with E-state index in [1.54, 1.807) is 30.3 Å². The SMILES string of the molecule is O=C(O)CCCOc1ccc(CNC(=O)C2(c3ccccc3F)CC2)cc1. The average Bonchev–Trinajstić information content (AvgIpc) is 3.46. The first-order valence-electron chi connectivity index (χ1n) is 8.98. The molecule has 1 amide bonds. The molecular formula is C21H22FNO4. The Morgan fingerprint density at radius 3 is 2.44 bits per heavy atom. The van der Waals surface area contributed by atoms with Gasteiger partial charge in [-0.15, -0.1) is 0 Å². The maximum atomic E-state index is 14.0. The Bertz CT molecular complexity index is 815. The zero-order valence-electron chi connectivity index (χ0n) is 14.9. The molecule has 0 bridgehead atoms. The van der Waals surface area contributed by atoms with Crippen molar-refractivity contribution in [3.8, 4) is 5.75 Å². The predicted octanol–water partition coefficient (Wildman–Crippen LogP) is 3.42. The van der Waals surface area contributed by atoms with Crippen molar-refractivity contribution in [2.45, 2.75) is 37.6 Å². The second-order valence-corrected chi connectivity index (χ2v) is 6.73. The van der Waals surface area contributed by atoms with Crippen molar-refractivity contribution < 1.29 is 23.8 Å². The number of benzene rings is 2. The smallest absolute Gasteiger partial charge is 0.303 e. The second kappa shape index (κ2) is 8.20. The normalized spacial score (nSPS) is 14.4. The van der Waals surface area contributed by atoms with Gasteiger partial charge in [-0.1, -0.05) is 30.3 Å². The van der Waals surface area contributed by atoms with Crippen molar-refractivity contribution >= 4 is 11.9 Å². The summed E-state index contributed by atoms with van der Waals surface area (Å²) in [6, 6.07) is 13.7. The quantitative estimate of drug-likeness (QED) is 0.663. The summed E-state index contributed by atoms with van der Waals surface area (Å²) in [5.74, 6) is -0.676. The van der Waals surface area contributed by atoms with Crippen LogP contribution < -0.4 is 10.1 Å². The Morgan fingerprint density at radius 2 is 1.81 bits per heavy atom. The summed E-state index contributed by atoms with van der Waals surface area (Å²) in [5, 5.41) is 11.5. The van der Waals surface area contributed by atoms with E-state index in [1.807, 2.05) is 12.1 Å². The largest absolute Gasteiger partial charge is 0.494 e. The monoisotopic (exact) mass is 371 g/mol. The van der Waals surface area contributed by atoms with Gasteiger partial charge >= 0.3 is 5.97 Å². The number of nitrogens with one attached hydrogen (secondary N) is 1. The molecule has 0 radical (unpaired) electrons. The van der Waals surface area contributed by atoms with Crippen LogP contribution in [0.15, 0.2) is 48.5 Å². The Morgan fingerprint density at radius 1 is 1.11 bits per heavy atom. The molecule has 0 spiro atoms. The van der Waals surface area contributed by atoms with Gasteiger partial charge in [-0.3, -0.25) is 9.59 Å².